The van der Waals surface area contributed by atoms with Gasteiger partial charge in [-0.25, -0.2) is 0 Å². The van der Waals surface area contributed by atoms with E-state index in [2.05, 4.69) is 27.4 Å². The maximum absolute atomic E-state index is 9.00. The Labute approximate surface area is 191 Å². The Bertz CT molecular complexity index is 299. The van der Waals surface area contributed by atoms with Crippen molar-refractivity contribution in [2.24, 2.45) is 0 Å². The summed E-state index contributed by atoms with van der Waals surface area (Å²) in [5.74, 6) is -0.833. The molecule has 0 rings (SSSR count). The Kier molecular flexibility index (Phi) is 26.9. The molecule has 0 amide bonds. The van der Waals surface area contributed by atoms with Crippen LogP contribution in [0.15, 0.2) is 0 Å². The molecule has 0 aliphatic heterocycles. The van der Waals surface area contributed by atoms with E-state index in [1.807, 2.05) is 0 Å². The van der Waals surface area contributed by atoms with Gasteiger partial charge >= 0.3 is 169 Å². The molecule has 184 valence electrons. The first-order chi connectivity index (χ1) is 14.4. The number of hydrogen-bond acceptors (Lipinski definition) is 1. The van der Waals surface area contributed by atoms with E-state index in [0.717, 1.165) is 6.92 Å². The molecule has 0 aliphatic rings. The van der Waals surface area contributed by atoms with Crippen molar-refractivity contribution in [1.29, 1.82) is 0 Å². The molecule has 0 aromatic rings. The molecule has 0 saturated heterocycles. The van der Waals surface area contributed by atoms with E-state index in [-0.39, 0.29) is 0 Å². The first kappa shape index (κ1) is 32.1. The summed E-state index contributed by atoms with van der Waals surface area (Å²) >= 11 is 0. The van der Waals surface area contributed by atoms with Gasteiger partial charge in [0, 0.05) is 6.92 Å². The van der Waals surface area contributed by atoms with Crippen LogP contribution in [-0.4, -0.2) is 36.2 Å². The fourth-order valence-corrected chi connectivity index (χ4v) is 8.43. The fourth-order valence-electron chi connectivity index (χ4n) is 4.37. The number of hydrogen-bond donors (Lipinski definition) is 1. The monoisotopic (exact) mass is 446 g/mol. The van der Waals surface area contributed by atoms with Crippen LogP contribution in [0.25, 0.3) is 0 Å². The zero-order chi connectivity index (χ0) is 22.9. The van der Waals surface area contributed by atoms with Gasteiger partial charge in [-0.05, 0) is 0 Å². The minimum absolute atomic E-state index is 0.833. The van der Waals surface area contributed by atoms with Gasteiger partial charge in [0.15, 0.2) is 0 Å². The number of carbonyl (C=O) groups is 1. The summed E-state index contributed by atoms with van der Waals surface area (Å²) in [6.07, 6.45) is 31.4. The number of unbranched alkanes of at least 4 members (excludes halogenated alkanes) is 15. The van der Waals surface area contributed by atoms with Gasteiger partial charge in [-0.1, -0.05) is 0 Å². The zero-order valence-electron chi connectivity index (χ0n) is 21.7. The average Bonchev–Trinajstić information content (AvgIpc) is 2.70. The van der Waals surface area contributed by atoms with Crippen LogP contribution in [-0.2, 0) is 4.79 Å². The van der Waals surface area contributed by atoms with E-state index in [1.165, 1.54) is 116 Å². The third-order valence-electron chi connectivity index (χ3n) is 6.40. The standard InChI is InChI=1S/C25H55P.C2H4O2/c1-5-8-11-14-17-20-23-26(4,24-21-18-15-12-9-6-2)25-22-19-16-13-10-7-3;1-2(3)4/h26H,5-25H2,1-4H3;1H3,(H,3,4). The van der Waals surface area contributed by atoms with Crippen LogP contribution in [0, 0.1) is 0 Å². The second-order valence-electron chi connectivity index (χ2n) is 9.88. The van der Waals surface area contributed by atoms with E-state index in [0.29, 0.717) is 0 Å². The molecular formula is C27H59O2P. The molecule has 0 heterocycles. The molecule has 0 spiro atoms. The van der Waals surface area contributed by atoms with Gasteiger partial charge < -0.3 is 5.11 Å². The molecular weight excluding hydrogens is 387 g/mol. The van der Waals surface area contributed by atoms with Gasteiger partial charge in [-0.2, -0.15) is 0 Å². The molecule has 0 aromatic heterocycles. The maximum atomic E-state index is 9.00. The van der Waals surface area contributed by atoms with Gasteiger partial charge in [0.2, 0.25) is 0 Å². The van der Waals surface area contributed by atoms with Crippen molar-refractivity contribution in [2.45, 2.75) is 143 Å². The molecule has 0 unspecified atom stereocenters. The second kappa shape index (κ2) is 25.2. The molecule has 3 heteroatoms. The first-order valence-corrected chi connectivity index (χ1v) is 16.7. The normalized spacial score (nSPS) is 11.8. The number of carboxylic acid groups (broad SMARTS) is 1. The summed E-state index contributed by atoms with van der Waals surface area (Å²) in [5.41, 5.74) is 0. The number of aliphatic carboxylic acids is 1. The third-order valence-corrected chi connectivity index (χ3v) is 11.1. The SMILES string of the molecule is CC(=O)O.CCCCCCCC[PH](C)(CCCCCCCC)CCCCCCCC. The molecule has 2 nitrogen and oxygen atoms in total. The van der Waals surface area contributed by atoms with Gasteiger partial charge in [-0.15, -0.1) is 0 Å². The molecule has 0 fully saturated rings. The van der Waals surface area contributed by atoms with Crippen LogP contribution in [0.1, 0.15) is 143 Å². The van der Waals surface area contributed by atoms with Crippen LogP contribution in [0.3, 0.4) is 0 Å². The fraction of sp³-hybridized carbons (Fsp3) is 0.963. The van der Waals surface area contributed by atoms with Crippen LogP contribution in [0.5, 0.6) is 0 Å². The topological polar surface area (TPSA) is 37.3 Å². The number of rotatable bonds is 21. The zero-order valence-corrected chi connectivity index (χ0v) is 22.7. The van der Waals surface area contributed by atoms with Crippen LogP contribution in [0.4, 0.5) is 0 Å². The van der Waals surface area contributed by atoms with E-state index >= 15 is 0 Å². The Balaban J connectivity index is 0. The summed E-state index contributed by atoms with van der Waals surface area (Å²) in [4.78, 5) is 9.00. The molecule has 0 bridgehead atoms. The van der Waals surface area contributed by atoms with E-state index in [1.54, 1.807) is 18.5 Å². The van der Waals surface area contributed by atoms with E-state index in [4.69, 9.17) is 9.90 Å². The summed E-state index contributed by atoms with van der Waals surface area (Å²) in [6, 6.07) is 0. The van der Waals surface area contributed by atoms with Gasteiger partial charge in [0.05, 0.1) is 0 Å². The molecule has 0 saturated carbocycles. The van der Waals surface area contributed by atoms with Crippen molar-refractivity contribution in [3.63, 3.8) is 0 Å². The van der Waals surface area contributed by atoms with E-state index < -0.39 is 13.2 Å². The van der Waals surface area contributed by atoms with Crippen LogP contribution >= 0.6 is 7.26 Å². The van der Waals surface area contributed by atoms with Crippen molar-refractivity contribution in [2.75, 3.05) is 25.2 Å². The van der Waals surface area contributed by atoms with Crippen molar-refractivity contribution >= 4 is 13.2 Å². The average molecular weight is 447 g/mol. The summed E-state index contributed by atoms with van der Waals surface area (Å²) in [6.45, 7) is 10.8. The Morgan fingerprint density at radius 3 is 0.967 bits per heavy atom. The van der Waals surface area contributed by atoms with Crippen molar-refractivity contribution in [3.05, 3.63) is 0 Å². The summed E-state index contributed by atoms with van der Waals surface area (Å²) in [5, 5.41) is 7.42. The van der Waals surface area contributed by atoms with Gasteiger partial charge in [0.25, 0.3) is 5.97 Å². The first-order valence-electron chi connectivity index (χ1n) is 13.6. The van der Waals surface area contributed by atoms with Crippen LogP contribution in [0.2, 0.25) is 0 Å². The summed E-state index contributed by atoms with van der Waals surface area (Å²) < 4.78 is 0. The van der Waals surface area contributed by atoms with Crippen LogP contribution < -0.4 is 0 Å². The second-order valence-corrected chi connectivity index (χ2v) is 15.0. The Morgan fingerprint density at radius 1 is 0.533 bits per heavy atom. The molecule has 0 aliphatic carbocycles. The minimum atomic E-state index is -0.955. The quantitative estimate of drug-likeness (QED) is 0.141. The molecule has 0 atom stereocenters. The molecule has 30 heavy (non-hydrogen) atoms. The predicted octanol–water partition coefficient (Wildman–Crippen LogP) is 9.54. The molecule has 1 N–H and O–H groups in total. The van der Waals surface area contributed by atoms with E-state index in [9.17, 15) is 0 Å². The predicted molar refractivity (Wildman–Crippen MR) is 142 cm³/mol. The van der Waals surface area contributed by atoms with Crippen molar-refractivity contribution in [1.82, 2.24) is 0 Å². The third kappa shape index (κ3) is 27.9. The Morgan fingerprint density at radius 2 is 0.733 bits per heavy atom. The van der Waals surface area contributed by atoms with Crippen molar-refractivity contribution < 1.29 is 9.90 Å². The molecule has 0 aromatic carbocycles. The Hall–Kier alpha value is -0.100. The summed E-state index contributed by atoms with van der Waals surface area (Å²) in [7, 11) is -0.955. The van der Waals surface area contributed by atoms with Crippen molar-refractivity contribution in [3.8, 4) is 0 Å². The van der Waals surface area contributed by atoms with Gasteiger partial charge in [0.1, 0.15) is 0 Å². The molecule has 0 radical (unpaired) electrons. The van der Waals surface area contributed by atoms with Gasteiger partial charge in [-0.3, -0.25) is 4.79 Å². The number of carboxylic acids is 1.